The van der Waals surface area contributed by atoms with Crippen molar-refractivity contribution in [3.8, 4) is 0 Å². The second-order valence-corrected chi connectivity index (χ2v) is 5.27. The van der Waals surface area contributed by atoms with Crippen LogP contribution in [0.4, 0.5) is 0 Å². The van der Waals surface area contributed by atoms with Gasteiger partial charge < -0.3 is 9.73 Å². The van der Waals surface area contributed by atoms with Gasteiger partial charge in [-0.05, 0) is 28.1 Å². The first-order valence-electron chi connectivity index (χ1n) is 3.93. The minimum Gasteiger partial charge on any atom is -0.453 e. The van der Waals surface area contributed by atoms with Crippen LogP contribution in [-0.2, 0) is 16.6 Å². The van der Waals surface area contributed by atoms with E-state index >= 15 is 0 Å². The predicted octanol–water partition coefficient (Wildman–Crippen LogP) is 0.420. The van der Waals surface area contributed by atoms with E-state index in [1.807, 2.05) is 0 Å². The summed E-state index contributed by atoms with van der Waals surface area (Å²) >= 11 is 3.16. The Labute approximate surface area is 90.8 Å². The molecule has 3 N–H and O–H groups in total. The van der Waals surface area contributed by atoms with Crippen LogP contribution >= 0.6 is 15.9 Å². The van der Waals surface area contributed by atoms with Crippen molar-refractivity contribution in [1.29, 1.82) is 0 Å². The molecule has 0 fully saturated rings. The number of sulfonamides is 1. The number of halogens is 1. The van der Waals surface area contributed by atoms with Crippen molar-refractivity contribution in [2.24, 2.45) is 5.14 Å². The fourth-order valence-electron chi connectivity index (χ4n) is 0.873. The SMILES string of the molecule is NS(=O)(=O)CCNCc1ccc(Br)o1. The maximum Gasteiger partial charge on any atom is 0.210 e. The predicted molar refractivity (Wildman–Crippen MR) is 56.1 cm³/mol. The first kappa shape index (κ1) is 11.7. The molecular weight excluding hydrogens is 272 g/mol. The first-order chi connectivity index (χ1) is 6.47. The number of hydrogen-bond donors (Lipinski definition) is 2. The number of rotatable bonds is 5. The Morgan fingerprint density at radius 2 is 2.21 bits per heavy atom. The maximum atomic E-state index is 10.6. The molecular formula is C7H11BrN2O3S. The van der Waals surface area contributed by atoms with E-state index in [9.17, 15) is 8.42 Å². The van der Waals surface area contributed by atoms with Gasteiger partial charge in [0.2, 0.25) is 10.0 Å². The van der Waals surface area contributed by atoms with Crippen LogP contribution in [0.15, 0.2) is 21.2 Å². The Bertz CT molecular complexity index is 387. The van der Waals surface area contributed by atoms with Crippen LogP contribution in [0, 0.1) is 0 Å². The van der Waals surface area contributed by atoms with Crippen molar-refractivity contribution >= 4 is 26.0 Å². The molecule has 0 bridgehead atoms. The van der Waals surface area contributed by atoms with Gasteiger partial charge in [-0.1, -0.05) is 0 Å². The third kappa shape index (κ3) is 4.75. The zero-order valence-corrected chi connectivity index (χ0v) is 9.77. The molecule has 5 nitrogen and oxygen atoms in total. The van der Waals surface area contributed by atoms with Gasteiger partial charge in [-0.2, -0.15) is 0 Å². The molecule has 1 rings (SSSR count). The Morgan fingerprint density at radius 3 is 2.71 bits per heavy atom. The van der Waals surface area contributed by atoms with Gasteiger partial charge in [0, 0.05) is 6.54 Å². The van der Waals surface area contributed by atoms with Gasteiger partial charge in [0.25, 0.3) is 0 Å². The molecule has 0 unspecified atom stereocenters. The van der Waals surface area contributed by atoms with Crippen molar-refractivity contribution in [3.63, 3.8) is 0 Å². The topological polar surface area (TPSA) is 85.3 Å². The number of nitrogens with two attached hydrogens (primary N) is 1. The van der Waals surface area contributed by atoms with Gasteiger partial charge >= 0.3 is 0 Å². The van der Waals surface area contributed by atoms with E-state index < -0.39 is 10.0 Å². The van der Waals surface area contributed by atoms with Crippen molar-refractivity contribution in [2.75, 3.05) is 12.3 Å². The van der Waals surface area contributed by atoms with E-state index in [1.54, 1.807) is 12.1 Å². The lowest BCUT2D eigenvalue weighted by Gasteiger charge is -2.00. The van der Waals surface area contributed by atoms with Crippen LogP contribution < -0.4 is 10.5 Å². The summed E-state index contributed by atoms with van der Waals surface area (Å²) in [6, 6.07) is 3.57. The van der Waals surface area contributed by atoms with Gasteiger partial charge in [0.05, 0.1) is 12.3 Å². The fraction of sp³-hybridized carbons (Fsp3) is 0.429. The molecule has 0 radical (unpaired) electrons. The maximum absolute atomic E-state index is 10.6. The summed E-state index contributed by atoms with van der Waals surface area (Å²) in [5.74, 6) is 0.667. The molecule has 0 saturated carbocycles. The van der Waals surface area contributed by atoms with Gasteiger partial charge in [-0.15, -0.1) is 0 Å². The highest BCUT2D eigenvalue weighted by molar-refractivity contribution is 9.10. The minimum absolute atomic E-state index is 0.0745. The Balaban J connectivity index is 2.23. The molecule has 1 heterocycles. The monoisotopic (exact) mass is 282 g/mol. The molecule has 7 heteroatoms. The zero-order valence-electron chi connectivity index (χ0n) is 7.36. The third-order valence-electron chi connectivity index (χ3n) is 1.49. The molecule has 1 aromatic rings. The molecule has 0 spiro atoms. The van der Waals surface area contributed by atoms with E-state index in [2.05, 4.69) is 21.2 Å². The van der Waals surface area contributed by atoms with Gasteiger partial charge in [-0.25, -0.2) is 13.6 Å². The van der Waals surface area contributed by atoms with E-state index in [0.29, 0.717) is 17.8 Å². The highest BCUT2D eigenvalue weighted by Crippen LogP contribution is 2.13. The van der Waals surface area contributed by atoms with Crippen LogP contribution in [0.5, 0.6) is 0 Å². The molecule has 0 atom stereocenters. The summed E-state index contributed by atoms with van der Waals surface area (Å²) in [5, 5.41) is 7.72. The van der Waals surface area contributed by atoms with Crippen molar-refractivity contribution in [1.82, 2.24) is 5.32 Å². The largest absolute Gasteiger partial charge is 0.453 e. The lowest BCUT2D eigenvalue weighted by atomic mass is 10.4. The standard InChI is InChI=1S/C7H11BrN2O3S/c8-7-2-1-6(13-7)5-10-3-4-14(9,11)12/h1-2,10H,3-5H2,(H2,9,11,12). The van der Waals surface area contributed by atoms with E-state index in [-0.39, 0.29) is 5.75 Å². The van der Waals surface area contributed by atoms with Crippen LogP contribution in [0.2, 0.25) is 0 Å². The minimum atomic E-state index is -3.38. The van der Waals surface area contributed by atoms with E-state index in [1.165, 1.54) is 0 Å². The van der Waals surface area contributed by atoms with Gasteiger partial charge in [-0.3, -0.25) is 0 Å². The summed E-state index contributed by atoms with van der Waals surface area (Å²) in [5.41, 5.74) is 0. The normalized spacial score (nSPS) is 11.9. The summed E-state index contributed by atoms with van der Waals surface area (Å²) in [7, 11) is -3.38. The molecule has 14 heavy (non-hydrogen) atoms. The smallest absolute Gasteiger partial charge is 0.210 e. The molecule has 0 saturated heterocycles. The average molecular weight is 283 g/mol. The van der Waals surface area contributed by atoms with E-state index in [4.69, 9.17) is 9.56 Å². The first-order valence-corrected chi connectivity index (χ1v) is 6.43. The van der Waals surface area contributed by atoms with Crippen molar-refractivity contribution in [2.45, 2.75) is 6.54 Å². The molecule has 0 aliphatic heterocycles. The van der Waals surface area contributed by atoms with Gasteiger partial charge in [0.15, 0.2) is 4.67 Å². The zero-order chi connectivity index (χ0) is 10.6. The number of primary sulfonamides is 1. The van der Waals surface area contributed by atoms with Crippen LogP contribution in [-0.4, -0.2) is 20.7 Å². The second-order valence-electron chi connectivity index (χ2n) is 2.75. The lowest BCUT2D eigenvalue weighted by Crippen LogP contribution is -2.26. The molecule has 0 amide bonds. The highest BCUT2D eigenvalue weighted by atomic mass is 79.9. The Kier molecular flexibility index (Phi) is 4.11. The second kappa shape index (κ2) is 4.92. The molecule has 0 aliphatic rings. The lowest BCUT2D eigenvalue weighted by molar-refractivity contribution is 0.468. The third-order valence-corrected chi connectivity index (χ3v) is 2.69. The summed E-state index contributed by atoms with van der Waals surface area (Å²) in [4.78, 5) is 0. The molecule has 1 aromatic heterocycles. The van der Waals surface area contributed by atoms with Crippen LogP contribution in [0.25, 0.3) is 0 Å². The molecule has 0 aliphatic carbocycles. The van der Waals surface area contributed by atoms with Gasteiger partial charge in [0.1, 0.15) is 5.76 Å². The van der Waals surface area contributed by atoms with E-state index in [0.717, 1.165) is 5.76 Å². The summed E-state index contributed by atoms with van der Waals surface area (Å²) < 4.78 is 26.9. The highest BCUT2D eigenvalue weighted by Gasteiger charge is 2.02. The number of furan rings is 1. The molecule has 0 aromatic carbocycles. The summed E-state index contributed by atoms with van der Waals surface area (Å²) in [6.45, 7) is 0.804. The van der Waals surface area contributed by atoms with Crippen molar-refractivity contribution < 1.29 is 12.8 Å². The Hall–Kier alpha value is -0.370. The van der Waals surface area contributed by atoms with Crippen LogP contribution in [0.1, 0.15) is 5.76 Å². The fourth-order valence-corrected chi connectivity index (χ4v) is 1.64. The number of hydrogen-bond acceptors (Lipinski definition) is 4. The van der Waals surface area contributed by atoms with Crippen LogP contribution in [0.3, 0.4) is 0 Å². The average Bonchev–Trinajstić information content (AvgIpc) is 2.44. The van der Waals surface area contributed by atoms with Crippen molar-refractivity contribution in [3.05, 3.63) is 22.6 Å². The molecule has 80 valence electrons. The summed E-state index contributed by atoms with van der Waals surface area (Å²) in [6.07, 6.45) is 0. The quantitative estimate of drug-likeness (QED) is 0.767. The Morgan fingerprint density at radius 1 is 1.50 bits per heavy atom. The number of nitrogens with one attached hydrogen (secondary N) is 1.